The number of aryl methyl sites for hydroxylation is 2. The largest absolute Gasteiger partial charge is 0.399 e. The molecule has 0 aliphatic rings. The maximum atomic E-state index is 5.75. The molecule has 3 rings (SSSR count). The molecule has 92 valence electrons. The molecule has 0 saturated heterocycles. The van der Waals surface area contributed by atoms with Gasteiger partial charge in [-0.1, -0.05) is 6.07 Å². The van der Waals surface area contributed by atoms with Crippen LogP contribution in [0.3, 0.4) is 0 Å². The average Bonchev–Trinajstić information content (AvgIpc) is 2.97. The second kappa shape index (κ2) is 4.82. The van der Waals surface area contributed by atoms with Crippen LogP contribution in [-0.4, -0.2) is 9.97 Å². The first-order chi connectivity index (χ1) is 8.81. The SMILES string of the molecule is Nc1ccc2nc(CCCc3cccs3)[nH]c2c1. The lowest BCUT2D eigenvalue weighted by atomic mass is 10.2. The van der Waals surface area contributed by atoms with E-state index in [0.29, 0.717) is 0 Å². The van der Waals surface area contributed by atoms with E-state index in [1.807, 2.05) is 29.5 Å². The zero-order chi connectivity index (χ0) is 12.4. The fourth-order valence-corrected chi connectivity index (χ4v) is 2.83. The van der Waals surface area contributed by atoms with Crippen LogP contribution in [0.1, 0.15) is 17.1 Å². The highest BCUT2D eigenvalue weighted by atomic mass is 32.1. The number of aromatic amines is 1. The quantitative estimate of drug-likeness (QED) is 0.704. The van der Waals surface area contributed by atoms with E-state index in [1.165, 1.54) is 4.88 Å². The second-order valence-corrected chi connectivity index (χ2v) is 5.43. The van der Waals surface area contributed by atoms with Gasteiger partial charge < -0.3 is 10.7 Å². The Balaban J connectivity index is 1.67. The highest BCUT2D eigenvalue weighted by Gasteiger charge is 2.03. The number of hydrogen-bond donors (Lipinski definition) is 2. The number of nitrogens with two attached hydrogens (primary N) is 1. The Morgan fingerprint density at radius 2 is 2.17 bits per heavy atom. The molecule has 0 amide bonds. The number of nitrogen functional groups attached to an aromatic ring is 1. The van der Waals surface area contributed by atoms with Crippen molar-refractivity contribution < 1.29 is 0 Å². The van der Waals surface area contributed by atoms with Crippen molar-refractivity contribution in [2.75, 3.05) is 5.73 Å². The fourth-order valence-electron chi connectivity index (χ4n) is 2.08. The Kier molecular flexibility index (Phi) is 3.02. The van der Waals surface area contributed by atoms with Crippen molar-refractivity contribution in [3.63, 3.8) is 0 Å². The third-order valence-electron chi connectivity index (χ3n) is 2.97. The minimum atomic E-state index is 0.774. The number of imidazole rings is 1. The summed E-state index contributed by atoms with van der Waals surface area (Å²) in [6.07, 6.45) is 3.22. The molecule has 0 atom stereocenters. The number of H-pyrrole nitrogens is 1. The molecule has 0 aliphatic carbocycles. The molecule has 0 saturated carbocycles. The van der Waals surface area contributed by atoms with Gasteiger partial charge in [0.1, 0.15) is 5.82 Å². The number of nitrogens with one attached hydrogen (secondary N) is 1. The van der Waals surface area contributed by atoms with Crippen LogP contribution >= 0.6 is 11.3 Å². The lowest BCUT2D eigenvalue weighted by Crippen LogP contribution is -1.90. The Hall–Kier alpha value is -1.81. The standard InChI is InChI=1S/C14H15N3S/c15-10-6-7-12-13(9-10)17-14(16-12)5-1-3-11-4-2-8-18-11/h2,4,6-9H,1,3,5,15H2,(H,16,17). The summed E-state index contributed by atoms with van der Waals surface area (Å²) in [5.74, 6) is 1.05. The smallest absolute Gasteiger partial charge is 0.107 e. The normalized spacial score (nSPS) is 11.1. The van der Waals surface area contributed by atoms with E-state index in [-0.39, 0.29) is 0 Å². The molecule has 4 heteroatoms. The Labute approximate surface area is 110 Å². The van der Waals surface area contributed by atoms with Crippen molar-refractivity contribution in [1.82, 2.24) is 9.97 Å². The number of aromatic nitrogens is 2. The van der Waals surface area contributed by atoms with Crippen molar-refractivity contribution >= 4 is 28.1 Å². The van der Waals surface area contributed by atoms with Crippen LogP contribution < -0.4 is 5.73 Å². The maximum absolute atomic E-state index is 5.75. The molecule has 0 radical (unpaired) electrons. The topological polar surface area (TPSA) is 54.7 Å². The van der Waals surface area contributed by atoms with E-state index in [4.69, 9.17) is 5.73 Å². The first kappa shape index (κ1) is 11.3. The Morgan fingerprint density at radius 1 is 1.22 bits per heavy atom. The van der Waals surface area contributed by atoms with Crippen LogP contribution in [0, 0.1) is 0 Å². The lowest BCUT2D eigenvalue weighted by molar-refractivity contribution is 0.793. The van der Waals surface area contributed by atoms with Crippen LogP contribution in [0.4, 0.5) is 5.69 Å². The number of thiophene rings is 1. The van der Waals surface area contributed by atoms with E-state index >= 15 is 0 Å². The third kappa shape index (κ3) is 2.38. The van der Waals surface area contributed by atoms with Crippen molar-refractivity contribution in [2.24, 2.45) is 0 Å². The summed E-state index contributed by atoms with van der Waals surface area (Å²) in [5, 5.41) is 2.12. The van der Waals surface area contributed by atoms with Crippen LogP contribution in [-0.2, 0) is 12.8 Å². The first-order valence-electron chi connectivity index (χ1n) is 6.08. The molecule has 0 unspecified atom stereocenters. The molecule has 2 heterocycles. The Morgan fingerprint density at radius 3 is 3.00 bits per heavy atom. The summed E-state index contributed by atoms with van der Waals surface area (Å²) in [7, 11) is 0. The molecule has 3 aromatic rings. The Bertz CT molecular complexity index is 640. The monoisotopic (exact) mass is 257 g/mol. The molecule has 1 aromatic carbocycles. The third-order valence-corrected chi connectivity index (χ3v) is 3.91. The summed E-state index contributed by atoms with van der Waals surface area (Å²) < 4.78 is 0. The molecule has 0 bridgehead atoms. The molecular formula is C14H15N3S. The van der Waals surface area contributed by atoms with E-state index < -0.39 is 0 Å². The number of hydrogen-bond acceptors (Lipinski definition) is 3. The molecule has 0 spiro atoms. The van der Waals surface area contributed by atoms with Gasteiger partial charge in [0, 0.05) is 17.0 Å². The van der Waals surface area contributed by atoms with Gasteiger partial charge in [0.2, 0.25) is 0 Å². The summed E-state index contributed by atoms with van der Waals surface area (Å²) in [6, 6.07) is 10.1. The zero-order valence-electron chi connectivity index (χ0n) is 10.0. The number of nitrogens with zero attached hydrogens (tertiary/aromatic N) is 1. The van der Waals surface area contributed by atoms with Crippen LogP contribution in [0.5, 0.6) is 0 Å². The van der Waals surface area contributed by atoms with Gasteiger partial charge in [0.05, 0.1) is 11.0 Å². The average molecular weight is 257 g/mol. The van der Waals surface area contributed by atoms with E-state index in [9.17, 15) is 0 Å². The number of rotatable bonds is 4. The summed E-state index contributed by atoms with van der Waals surface area (Å²) >= 11 is 1.82. The molecule has 18 heavy (non-hydrogen) atoms. The van der Waals surface area contributed by atoms with Gasteiger partial charge in [-0.25, -0.2) is 4.98 Å². The summed E-state index contributed by atoms with van der Waals surface area (Å²) in [4.78, 5) is 9.33. The zero-order valence-corrected chi connectivity index (χ0v) is 10.8. The van der Waals surface area contributed by atoms with E-state index in [1.54, 1.807) is 0 Å². The molecule has 3 nitrogen and oxygen atoms in total. The predicted octanol–water partition coefficient (Wildman–Crippen LogP) is 3.38. The summed E-state index contributed by atoms with van der Waals surface area (Å²) in [6.45, 7) is 0. The predicted molar refractivity (Wildman–Crippen MR) is 76.9 cm³/mol. The first-order valence-corrected chi connectivity index (χ1v) is 6.96. The molecule has 0 aliphatic heterocycles. The molecular weight excluding hydrogens is 242 g/mol. The van der Waals surface area contributed by atoms with Gasteiger partial charge in [-0.15, -0.1) is 11.3 Å². The maximum Gasteiger partial charge on any atom is 0.107 e. The highest BCUT2D eigenvalue weighted by Crippen LogP contribution is 2.17. The van der Waals surface area contributed by atoms with Crippen molar-refractivity contribution in [3.8, 4) is 0 Å². The minimum absolute atomic E-state index is 0.774. The summed E-state index contributed by atoms with van der Waals surface area (Å²) in [5.41, 5.74) is 8.55. The molecule has 3 N–H and O–H groups in total. The lowest BCUT2D eigenvalue weighted by Gasteiger charge is -1.95. The second-order valence-electron chi connectivity index (χ2n) is 4.39. The van der Waals surface area contributed by atoms with Gasteiger partial charge in [-0.2, -0.15) is 0 Å². The van der Waals surface area contributed by atoms with Gasteiger partial charge in [0.25, 0.3) is 0 Å². The molecule has 2 aromatic heterocycles. The number of anilines is 1. The van der Waals surface area contributed by atoms with E-state index in [2.05, 4.69) is 27.5 Å². The van der Waals surface area contributed by atoms with Crippen LogP contribution in [0.15, 0.2) is 35.7 Å². The fraction of sp³-hybridized carbons (Fsp3) is 0.214. The van der Waals surface area contributed by atoms with Gasteiger partial charge in [-0.05, 0) is 42.5 Å². The van der Waals surface area contributed by atoms with Crippen LogP contribution in [0.25, 0.3) is 11.0 Å². The number of fused-ring (bicyclic) bond motifs is 1. The van der Waals surface area contributed by atoms with Crippen LogP contribution in [0.2, 0.25) is 0 Å². The van der Waals surface area contributed by atoms with Crippen molar-refractivity contribution in [2.45, 2.75) is 19.3 Å². The molecule has 0 fully saturated rings. The van der Waals surface area contributed by atoms with Gasteiger partial charge in [-0.3, -0.25) is 0 Å². The van der Waals surface area contributed by atoms with Gasteiger partial charge in [0.15, 0.2) is 0 Å². The number of benzene rings is 1. The van der Waals surface area contributed by atoms with Crippen molar-refractivity contribution in [1.29, 1.82) is 0 Å². The van der Waals surface area contributed by atoms with Crippen molar-refractivity contribution in [3.05, 3.63) is 46.4 Å². The van der Waals surface area contributed by atoms with Gasteiger partial charge >= 0.3 is 0 Å². The highest BCUT2D eigenvalue weighted by molar-refractivity contribution is 7.09. The minimum Gasteiger partial charge on any atom is -0.399 e. The van der Waals surface area contributed by atoms with E-state index in [0.717, 1.165) is 41.8 Å².